The van der Waals surface area contributed by atoms with Gasteiger partial charge in [-0.2, -0.15) is 5.10 Å². The van der Waals surface area contributed by atoms with E-state index in [2.05, 4.69) is 42.4 Å². The summed E-state index contributed by atoms with van der Waals surface area (Å²) in [6.07, 6.45) is 1.51. The molecule has 33 heavy (non-hydrogen) atoms. The molecule has 0 radical (unpaired) electrons. The van der Waals surface area contributed by atoms with Crippen LogP contribution in [0, 0.1) is 10.1 Å². The summed E-state index contributed by atoms with van der Waals surface area (Å²) < 4.78 is 8.56. The number of ether oxygens (including phenoxy) is 1. The van der Waals surface area contributed by atoms with E-state index in [4.69, 9.17) is 4.74 Å². The van der Waals surface area contributed by atoms with Gasteiger partial charge in [-0.3, -0.25) is 14.9 Å². The molecule has 0 spiro atoms. The number of nitro benzene ring substituents is 1. The summed E-state index contributed by atoms with van der Waals surface area (Å²) in [6, 6.07) is 19.5. The molecule has 0 unspecified atom stereocenters. The van der Waals surface area contributed by atoms with Crippen molar-refractivity contribution in [1.29, 1.82) is 0 Å². The standard InChI is InChI=1S/C23H15Br2N3O4S/c24-17-3-1-14(2-4-17)13-32-20-7-5-18(25)9-16(20)12-26-27-23(29)22-11-15-10-19(28(30)31)6-8-21(15)33-22/h1-12H,13H2,(H,27,29)/b26-12-. The number of halogens is 2. The number of nitrogens with zero attached hydrogens (tertiary/aromatic N) is 2. The number of carbonyl (C=O) groups is 1. The Morgan fingerprint density at radius 2 is 1.82 bits per heavy atom. The highest BCUT2D eigenvalue weighted by Crippen LogP contribution is 2.29. The fourth-order valence-corrected chi connectivity index (χ4v) is 4.54. The first-order chi connectivity index (χ1) is 15.9. The Hall–Kier alpha value is -3.08. The van der Waals surface area contributed by atoms with Crippen molar-refractivity contribution >= 4 is 71.1 Å². The summed E-state index contributed by atoms with van der Waals surface area (Å²) in [4.78, 5) is 23.4. The maximum atomic E-state index is 12.5. The zero-order chi connectivity index (χ0) is 23.4. The summed E-state index contributed by atoms with van der Waals surface area (Å²) >= 11 is 8.09. The number of amides is 1. The number of hydrogen-bond acceptors (Lipinski definition) is 6. The molecular weight excluding hydrogens is 574 g/mol. The van der Waals surface area contributed by atoms with Crippen molar-refractivity contribution in [3.63, 3.8) is 0 Å². The second-order valence-electron chi connectivity index (χ2n) is 6.89. The van der Waals surface area contributed by atoms with E-state index in [1.807, 2.05) is 42.5 Å². The summed E-state index contributed by atoms with van der Waals surface area (Å²) in [6.45, 7) is 0.385. The van der Waals surface area contributed by atoms with Crippen molar-refractivity contribution in [3.05, 3.63) is 102 Å². The van der Waals surface area contributed by atoms with E-state index < -0.39 is 10.8 Å². The Morgan fingerprint density at radius 3 is 2.58 bits per heavy atom. The maximum Gasteiger partial charge on any atom is 0.281 e. The topological polar surface area (TPSA) is 93.8 Å². The number of hydrazone groups is 1. The smallest absolute Gasteiger partial charge is 0.281 e. The molecule has 0 saturated heterocycles. The SMILES string of the molecule is O=C(N/N=C\c1cc(Br)ccc1OCc1ccc(Br)cc1)c1cc2cc([N+](=O)[O-])ccc2s1. The van der Waals surface area contributed by atoms with E-state index in [0.717, 1.165) is 19.2 Å². The van der Waals surface area contributed by atoms with Gasteiger partial charge in [0.1, 0.15) is 12.4 Å². The van der Waals surface area contributed by atoms with Crippen LogP contribution in [0.3, 0.4) is 0 Å². The molecule has 10 heteroatoms. The van der Waals surface area contributed by atoms with E-state index in [9.17, 15) is 14.9 Å². The van der Waals surface area contributed by atoms with Gasteiger partial charge in [-0.05, 0) is 48.0 Å². The third-order valence-electron chi connectivity index (χ3n) is 4.58. The molecule has 4 aromatic rings. The monoisotopic (exact) mass is 587 g/mol. The highest BCUT2D eigenvalue weighted by Gasteiger charge is 2.13. The lowest BCUT2D eigenvalue weighted by molar-refractivity contribution is -0.384. The van der Waals surface area contributed by atoms with E-state index in [-0.39, 0.29) is 5.69 Å². The van der Waals surface area contributed by atoms with Crippen molar-refractivity contribution in [3.8, 4) is 5.75 Å². The normalized spacial score (nSPS) is 11.1. The number of thiophene rings is 1. The first-order valence-corrected chi connectivity index (χ1v) is 12.0. The largest absolute Gasteiger partial charge is 0.488 e. The Kier molecular flexibility index (Phi) is 7.17. The number of hydrogen-bond donors (Lipinski definition) is 1. The lowest BCUT2D eigenvalue weighted by atomic mass is 10.2. The molecule has 1 N–H and O–H groups in total. The molecule has 0 saturated carbocycles. The molecule has 1 heterocycles. The molecule has 3 aromatic carbocycles. The third kappa shape index (κ3) is 5.84. The molecule has 4 rings (SSSR count). The van der Waals surface area contributed by atoms with Crippen LogP contribution < -0.4 is 10.2 Å². The van der Waals surface area contributed by atoms with Gasteiger partial charge >= 0.3 is 0 Å². The minimum atomic E-state index is -0.463. The van der Waals surface area contributed by atoms with Gasteiger partial charge in [-0.15, -0.1) is 11.3 Å². The fourth-order valence-electron chi connectivity index (χ4n) is 2.97. The van der Waals surface area contributed by atoms with Crippen molar-refractivity contribution in [1.82, 2.24) is 5.43 Å². The molecule has 0 atom stereocenters. The molecular formula is C23H15Br2N3O4S. The lowest BCUT2D eigenvalue weighted by Crippen LogP contribution is -2.16. The van der Waals surface area contributed by atoms with E-state index in [1.165, 1.54) is 29.7 Å². The minimum absolute atomic E-state index is 0.0180. The molecule has 0 aliphatic rings. The average molecular weight is 589 g/mol. The van der Waals surface area contributed by atoms with E-state index in [1.54, 1.807) is 12.1 Å². The van der Waals surface area contributed by atoms with Gasteiger partial charge in [0.2, 0.25) is 0 Å². The van der Waals surface area contributed by atoms with Crippen molar-refractivity contribution in [2.75, 3.05) is 0 Å². The van der Waals surface area contributed by atoms with Gasteiger partial charge in [0.15, 0.2) is 0 Å². The maximum absolute atomic E-state index is 12.5. The predicted molar refractivity (Wildman–Crippen MR) is 136 cm³/mol. The highest BCUT2D eigenvalue weighted by atomic mass is 79.9. The van der Waals surface area contributed by atoms with Crippen molar-refractivity contribution in [2.24, 2.45) is 5.10 Å². The molecule has 1 aromatic heterocycles. The fraction of sp³-hybridized carbons (Fsp3) is 0.0435. The number of fused-ring (bicyclic) bond motifs is 1. The van der Waals surface area contributed by atoms with Crippen LogP contribution in [-0.2, 0) is 6.61 Å². The van der Waals surface area contributed by atoms with E-state index >= 15 is 0 Å². The van der Waals surface area contributed by atoms with Crippen LogP contribution >= 0.6 is 43.2 Å². The van der Waals surface area contributed by atoms with Crippen LogP contribution in [0.25, 0.3) is 10.1 Å². The van der Waals surface area contributed by atoms with Gasteiger partial charge in [0.05, 0.1) is 16.0 Å². The predicted octanol–water partition coefficient (Wildman–Crippen LogP) is 6.68. The number of nitro groups is 1. The molecule has 166 valence electrons. The van der Waals surface area contributed by atoms with E-state index in [0.29, 0.717) is 28.2 Å². The third-order valence-corrected chi connectivity index (χ3v) is 6.72. The van der Waals surface area contributed by atoms with Crippen LogP contribution in [0.1, 0.15) is 20.8 Å². The molecule has 1 amide bonds. The van der Waals surface area contributed by atoms with Crippen LogP contribution in [0.4, 0.5) is 5.69 Å². The molecule has 7 nitrogen and oxygen atoms in total. The summed E-state index contributed by atoms with van der Waals surface area (Å²) in [5.41, 5.74) is 4.19. The van der Waals surface area contributed by atoms with Crippen LogP contribution in [0.15, 0.2) is 80.8 Å². The number of nitrogens with one attached hydrogen (secondary N) is 1. The van der Waals surface area contributed by atoms with Gasteiger partial charge in [0, 0.05) is 36.7 Å². The lowest BCUT2D eigenvalue weighted by Gasteiger charge is -2.10. The Labute approximate surface area is 209 Å². The second-order valence-corrected chi connectivity index (χ2v) is 9.80. The van der Waals surface area contributed by atoms with Gasteiger partial charge in [-0.1, -0.05) is 44.0 Å². The number of non-ortho nitro benzene ring substituents is 1. The van der Waals surface area contributed by atoms with Gasteiger partial charge < -0.3 is 4.74 Å². The first kappa shape index (κ1) is 23.1. The highest BCUT2D eigenvalue weighted by molar-refractivity contribution is 9.10. The summed E-state index contributed by atoms with van der Waals surface area (Å²) in [5.74, 6) is 0.218. The Morgan fingerprint density at radius 1 is 1.06 bits per heavy atom. The number of rotatable bonds is 7. The van der Waals surface area contributed by atoms with Crippen LogP contribution in [-0.4, -0.2) is 17.0 Å². The quantitative estimate of drug-likeness (QED) is 0.148. The van der Waals surface area contributed by atoms with Gasteiger partial charge in [-0.25, -0.2) is 5.43 Å². The van der Waals surface area contributed by atoms with Gasteiger partial charge in [0.25, 0.3) is 11.6 Å². The van der Waals surface area contributed by atoms with Crippen molar-refractivity contribution < 1.29 is 14.5 Å². The second kappa shape index (κ2) is 10.2. The zero-order valence-electron chi connectivity index (χ0n) is 16.8. The minimum Gasteiger partial charge on any atom is -0.488 e. The Bertz CT molecular complexity index is 1370. The van der Waals surface area contributed by atoms with Crippen molar-refractivity contribution in [2.45, 2.75) is 6.61 Å². The summed E-state index contributed by atoms with van der Waals surface area (Å²) in [7, 11) is 0. The Balaban J connectivity index is 1.45. The molecule has 0 fully saturated rings. The average Bonchev–Trinajstić information content (AvgIpc) is 3.23. The molecule has 0 aliphatic heterocycles. The number of benzene rings is 3. The van der Waals surface area contributed by atoms with Crippen LogP contribution in [0.2, 0.25) is 0 Å². The molecule has 0 aliphatic carbocycles. The zero-order valence-corrected chi connectivity index (χ0v) is 20.8. The molecule has 0 bridgehead atoms. The summed E-state index contributed by atoms with van der Waals surface area (Å²) in [5, 5.41) is 15.7. The van der Waals surface area contributed by atoms with Crippen LogP contribution in [0.5, 0.6) is 5.75 Å². The number of carbonyl (C=O) groups excluding carboxylic acids is 1. The first-order valence-electron chi connectivity index (χ1n) is 9.57.